The number of carbonyl (C=O) groups excluding carboxylic acids is 1. The van der Waals surface area contributed by atoms with Crippen molar-refractivity contribution in [1.82, 2.24) is 10.2 Å². The maximum Gasteiger partial charge on any atom is 0.408 e. The van der Waals surface area contributed by atoms with Crippen LogP contribution in [0.25, 0.3) is 11.1 Å². The van der Waals surface area contributed by atoms with Crippen molar-refractivity contribution in [1.29, 1.82) is 0 Å². The SMILES string of the molecule is CC(C)(C)OC(=O)N[C@@H](CCN(Cc1cccc(-c2ccccc2)c1)Cc1ccccc1OCC#Cc1ccccc1)C(=O)O. The lowest BCUT2D eigenvalue weighted by Gasteiger charge is -2.26. The molecular weight excluding hydrogens is 564 g/mol. The summed E-state index contributed by atoms with van der Waals surface area (Å²) in [6.45, 7) is 6.88. The fraction of sp³-hybridized carbons (Fsp3) is 0.263. The number of rotatable bonds is 12. The minimum atomic E-state index is -1.12. The van der Waals surface area contributed by atoms with Gasteiger partial charge in [0.25, 0.3) is 0 Å². The Morgan fingerprint density at radius 1 is 0.844 bits per heavy atom. The van der Waals surface area contributed by atoms with Gasteiger partial charge in [-0.3, -0.25) is 4.90 Å². The number of alkyl carbamates (subject to hydrolysis) is 1. The molecule has 0 bridgehead atoms. The minimum Gasteiger partial charge on any atom is -0.481 e. The van der Waals surface area contributed by atoms with Crippen molar-refractivity contribution in [3.8, 4) is 28.7 Å². The van der Waals surface area contributed by atoms with Crippen LogP contribution in [-0.4, -0.2) is 46.9 Å². The molecule has 0 heterocycles. The van der Waals surface area contributed by atoms with Crippen LogP contribution in [0.3, 0.4) is 0 Å². The third-order valence-electron chi connectivity index (χ3n) is 6.84. The summed E-state index contributed by atoms with van der Waals surface area (Å²) in [6, 6.07) is 34.9. The third-order valence-corrected chi connectivity index (χ3v) is 6.84. The van der Waals surface area contributed by atoms with Gasteiger partial charge in [-0.25, -0.2) is 9.59 Å². The lowest BCUT2D eigenvalue weighted by molar-refractivity contribution is -0.139. The van der Waals surface area contributed by atoms with Gasteiger partial charge < -0.3 is 19.9 Å². The van der Waals surface area contributed by atoms with Gasteiger partial charge in [0.05, 0.1) is 0 Å². The molecule has 2 N–H and O–H groups in total. The van der Waals surface area contributed by atoms with Crippen molar-refractivity contribution in [2.45, 2.75) is 51.9 Å². The van der Waals surface area contributed by atoms with Gasteiger partial charge in [0.15, 0.2) is 0 Å². The number of ether oxygens (including phenoxy) is 2. The minimum absolute atomic E-state index is 0.179. The molecule has 4 aromatic rings. The van der Waals surface area contributed by atoms with E-state index in [4.69, 9.17) is 9.47 Å². The predicted octanol–water partition coefficient (Wildman–Crippen LogP) is 7.15. The fourth-order valence-corrected chi connectivity index (χ4v) is 4.76. The molecule has 0 saturated heterocycles. The number of hydrogen-bond acceptors (Lipinski definition) is 5. The van der Waals surface area contributed by atoms with Gasteiger partial charge in [-0.1, -0.05) is 96.8 Å². The number of nitrogens with zero attached hydrogens (tertiary/aromatic N) is 1. The summed E-state index contributed by atoms with van der Waals surface area (Å²) in [5.74, 6) is 5.78. The second-order valence-corrected chi connectivity index (χ2v) is 11.7. The zero-order valence-electron chi connectivity index (χ0n) is 26.0. The van der Waals surface area contributed by atoms with E-state index in [1.807, 2.05) is 78.9 Å². The zero-order valence-corrected chi connectivity index (χ0v) is 26.0. The smallest absolute Gasteiger partial charge is 0.408 e. The van der Waals surface area contributed by atoms with Crippen LogP contribution >= 0.6 is 0 Å². The molecule has 4 aromatic carbocycles. The first kappa shape index (κ1) is 32.8. The Balaban J connectivity index is 1.52. The molecule has 0 aliphatic rings. The molecule has 7 heteroatoms. The molecule has 0 saturated carbocycles. The van der Waals surface area contributed by atoms with Gasteiger partial charge >= 0.3 is 12.1 Å². The average Bonchev–Trinajstić information content (AvgIpc) is 3.02. The molecule has 232 valence electrons. The lowest BCUT2D eigenvalue weighted by Crippen LogP contribution is -2.45. The molecule has 0 fully saturated rings. The van der Waals surface area contributed by atoms with Crippen molar-refractivity contribution in [2.24, 2.45) is 0 Å². The van der Waals surface area contributed by atoms with Gasteiger partial charge in [0.2, 0.25) is 0 Å². The van der Waals surface area contributed by atoms with Crippen molar-refractivity contribution in [2.75, 3.05) is 13.2 Å². The first-order valence-electron chi connectivity index (χ1n) is 15.0. The summed E-state index contributed by atoms with van der Waals surface area (Å²) in [4.78, 5) is 26.7. The van der Waals surface area contributed by atoms with Gasteiger partial charge in [0, 0.05) is 30.8 Å². The average molecular weight is 605 g/mol. The van der Waals surface area contributed by atoms with E-state index in [1.54, 1.807) is 20.8 Å². The molecule has 7 nitrogen and oxygen atoms in total. The highest BCUT2D eigenvalue weighted by atomic mass is 16.6. The number of carbonyl (C=O) groups is 2. The quantitative estimate of drug-likeness (QED) is 0.167. The number of carboxylic acid groups (broad SMARTS) is 1. The predicted molar refractivity (Wildman–Crippen MR) is 177 cm³/mol. The van der Waals surface area contributed by atoms with Crippen molar-refractivity contribution in [3.63, 3.8) is 0 Å². The maximum absolute atomic E-state index is 12.4. The second-order valence-electron chi connectivity index (χ2n) is 11.7. The van der Waals surface area contributed by atoms with Crippen LogP contribution < -0.4 is 10.1 Å². The highest BCUT2D eigenvalue weighted by molar-refractivity contribution is 5.80. The van der Waals surface area contributed by atoms with E-state index in [1.165, 1.54) is 0 Å². The second kappa shape index (κ2) is 16.1. The summed E-state index contributed by atoms with van der Waals surface area (Å²) in [6.07, 6.45) is -0.578. The highest BCUT2D eigenvalue weighted by Gasteiger charge is 2.25. The van der Waals surface area contributed by atoms with Crippen LogP contribution in [0.1, 0.15) is 43.9 Å². The van der Waals surface area contributed by atoms with Crippen molar-refractivity contribution in [3.05, 3.63) is 126 Å². The molecule has 4 rings (SSSR count). The van der Waals surface area contributed by atoms with Crippen LogP contribution in [0.2, 0.25) is 0 Å². The monoisotopic (exact) mass is 604 g/mol. The molecule has 1 atom stereocenters. The van der Waals surface area contributed by atoms with Crippen LogP contribution in [-0.2, 0) is 22.6 Å². The summed E-state index contributed by atoms with van der Waals surface area (Å²) in [5, 5.41) is 12.4. The van der Waals surface area contributed by atoms with E-state index < -0.39 is 23.7 Å². The number of benzene rings is 4. The van der Waals surface area contributed by atoms with Crippen LogP contribution in [0, 0.1) is 11.8 Å². The summed E-state index contributed by atoms with van der Waals surface area (Å²) in [7, 11) is 0. The van der Waals surface area contributed by atoms with Gasteiger partial charge in [-0.05, 0) is 68.1 Å². The van der Waals surface area contributed by atoms with Crippen LogP contribution in [0.5, 0.6) is 5.75 Å². The van der Waals surface area contributed by atoms with E-state index in [0.717, 1.165) is 27.8 Å². The molecule has 0 aromatic heterocycles. The first-order valence-corrected chi connectivity index (χ1v) is 15.0. The first-order chi connectivity index (χ1) is 21.7. The van der Waals surface area contributed by atoms with E-state index in [-0.39, 0.29) is 13.0 Å². The standard InChI is InChI=1S/C38H40N2O5/c1-38(2,3)45-37(43)39-34(36(41)42)23-24-40(27-30-16-12-21-32(26-30)31-18-8-5-9-19-31)28-33-20-10-11-22-35(33)44-25-13-17-29-14-6-4-7-15-29/h4-12,14-16,18-22,26,34H,23-25,27-28H2,1-3H3,(H,39,43)(H,41,42)/t34-/m0/s1. The lowest BCUT2D eigenvalue weighted by atomic mass is 10.0. The van der Waals surface area contributed by atoms with E-state index in [0.29, 0.717) is 25.4 Å². The Kier molecular flexibility index (Phi) is 11.8. The fourth-order valence-electron chi connectivity index (χ4n) is 4.76. The molecule has 1 amide bonds. The Morgan fingerprint density at radius 3 is 2.22 bits per heavy atom. The summed E-state index contributed by atoms with van der Waals surface area (Å²) in [5.41, 5.74) is 4.43. The topological polar surface area (TPSA) is 88.1 Å². The Hall–Kier alpha value is -5.06. The van der Waals surface area contributed by atoms with E-state index in [9.17, 15) is 14.7 Å². The summed E-state index contributed by atoms with van der Waals surface area (Å²) < 4.78 is 11.4. The number of hydrogen-bond donors (Lipinski definition) is 2. The molecule has 0 aliphatic heterocycles. The van der Waals surface area contributed by atoms with E-state index >= 15 is 0 Å². The molecule has 0 aliphatic carbocycles. The van der Waals surface area contributed by atoms with Crippen LogP contribution in [0.4, 0.5) is 4.79 Å². The zero-order chi connectivity index (χ0) is 32.1. The Bertz CT molecular complexity index is 1600. The van der Waals surface area contributed by atoms with Gasteiger partial charge in [0.1, 0.15) is 24.0 Å². The number of aliphatic carboxylic acids is 1. The summed E-state index contributed by atoms with van der Waals surface area (Å²) >= 11 is 0. The maximum atomic E-state index is 12.4. The Labute approximate surface area is 265 Å². The van der Waals surface area contributed by atoms with Crippen molar-refractivity contribution < 1.29 is 24.2 Å². The molecule has 0 spiro atoms. The number of para-hydroxylation sites is 1. The highest BCUT2D eigenvalue weighted by Crippen LogP contribution is 2.24. The number of nitrogens with one attached hydrogen (secondary N) is 1. The molecule has 0 radical (unpaired) electrons. The third kappa shape index (κ3) is 11.2. The van der Waals surface area contributed by atoms with Gasteiger partial charge in [-0.15, -0.1) is 0 Å². The van der Waals surface area contributed by atoms with Gasteiger partial charge in [-0.2, -0.15) is 0 Å². The van der Waals surface area contributed by atoms with E-state index in [2.05, 4.69) is 52.4 Å². The van der Waals surface area contributed by atoms with Crippen molar-refractivity contribution >= 4 is 12.1 Å². The van der Waals surface area contributed by atoms with Crippen LogP contribution in [0.15, 0.2) is 109 Å². The number of carboxylic acids is 1. The Morgan fingerprint density at radius 2 is 1.51 bits per heavy atom. The number of amides is 1. The molecule has 45 heavy (non-hydrogen) atoms. The normalized spacial score (nSPS) is 11.6. The molecular formula is C38H40N2O5. The molecule has 0 unspecified atom stereocenters. The largest absolute Gasteiger partial charge is 0.481 e.